The fraction of sp³-hybridized carbons (Fsp3) is 0.385. The first-order chi connectivity index (χ1) is 15.7. The first-order valence-corrected chi connectivity index (χ1v) is 12.3. The molecule has 0 aliphatic carbocycles. The molecule has 0 saturated carbocycles. The first-order valence-electron chi connectivity index (χ1n) is 11.4. The highest BCUT2D eigenvalue weighted by Crippen LogP contribution is 2.29. The van der Waals surface area contributed by atoms with Gasteiger partial charge in [0.25, 0.3) is 0 Å². The lowest BCUT2D eigenvalue weighted by Gasteiger charge is -2.06. The lowest BCUT2D eigenvalue weighted by Crippen LogP contribution is -2.10. The number of benzene rings is 2. The average molecular weight is 452 g/mol. The quantitative estimate of drug-likeness (QED) is 0.262. The van der Waals surface area contributed by atoms with Crippen LogP contribution in [-0.4, -0.2) is 18.0 Å². The van der Waals surface area contributed by atoms with Crippen molar-refractivity contribution in [1.29, 1.82) is 0 Å². The Morgan fingerprint density at radius 2 is 1.72 bits per heavy atom. The Hall–Kier alpha value is -2.86. The Balaban J connectivity index is 1.45. The van der Waals surface area contributed by atoms with Crippen molar-refractivity contribution in [2.45, 2.75) is 58.3 Å². The highest BCUT2D eigenvalue weighted by Gasteiger charge is 2.07. The van der Waals surface area contributed by atoms with Crippen LogP contribution in [0.4, 0.5) is 16.5 Å². The summed E-state index contributed by atoms with van der Waals surface area (Å²) in [6.07, 6.45) is 9.08. The molecule has 1 amide bonds. The molecule has 0 bridgehead atoms. The summed E-state index contributed by atoms with van der Waals surface area (Å²) in [6, 6.07) is 15.6. The van der Waals surface area contributed by atoms with Crippen LogP contribution in [0.1, 0.15) is 58.3 Å². The zero-order valence-electron chi connectivity index (χ0n) is 19.0. The van der Waals surface area contributed by atoms with Crippen molar-refractivity contribution in [1.82, 2.24) is 4.98 Å². The van der Waals surface area contributed by atoms with E-state index in [0.717, 1.165) is 46.4 Å². The highest BCUT2D eigenvalue weighted by atomic mass is 32.1. The van der Waals surface area contributed by atoms with Crippen LogP contribution < -0.4 is 15.4 Å². The third-order valence-corrected chi connectivity index (χ3v) is 6.05. The van der Waals surface area contributed by atoms with Crippen LogP contribution in [0.5, 0.6) is 5.75 Å². The number of thiazole rings is 1. The lowest BCUT2D eigenvalue weighted by atomic mass is 10.1. The third kappa shape index (κ3) is 7.68. The molecule has 6 heteroatoms. The van der Waals surface area contributed by atoms with Gasteiger partial charge in [0.1, 0.15) is 5.75 Å². The van der Waals surface area contributed by atoms with Gasteiger partial charge in [0.05, 0.1) is 12.8 Å². The molecule has 32 heavy (non-hydrogen) atoms. The number of carbonyl (C=O) groups is 1. The molecule has 0 saturated heterocycles. The molecule has 0 radical (unpaired) electrons. The molecule has 2 aromatic carbocycles. The van der Waals surface area contributed by atoms with Crippen molar-refractivity contribution in [2.24, 2.45) is 0 Å². The smallest absolute Gasteiger partial charge is 0.224 e. The molecular weight excluding hydrogens is 418 g/mol. The first kappa shape index (κ1) is 23.8. The Morgan fingerprint density at radius 1 is 0.969 bits per heavy atom. The number of unbranched alkanes of at least 4 members (excludes halogenated alkanes) is 6. The number of hydrogen-bond acceptors (Lipinski definition) is 5. The van der Waals surface area contributed by atoms with Gasteiger partial charge in [0.2, 0.25) is 5.91 Å². The number of carbonyl (C=O) groups excluding carboxylic acids is 1. The summed E-state index contributed by atoms with van der Waals surface area (Å²) >= 11 is 1.55. The van der Waals surface area contributed by atoms with Crippen molar-refractivity contribution < 1.29 is 9.53 Å². The minimum absolute atomic E-state index is 0.0877. The largest absolute Gasteiger partial charge is 0.497 e. The van der Waals surface area contributed by atoms with Crippen molar-refractivity contribution in [2.75, 3.05) is 17.7 Å². The van der Waals surface area contributed by atoms with E-state index < -0.39 is 0 Å². The van der Waals surface area contributed by atoms with Gasteiger partial charge in [0, 0.05) is 34.8 Å². The molecule has 2 N–H and O–H groups in total. The number of rotatable bonds is 13. The van der Waals surface area contributed by atoms with Crippen LogP contribution in [-0.2, 0) is 4.79 Å². The van der Waals surface area contributed by atoms with Crippen LogP contribution in [0, 0.1) is 0 Å². The van der Waals surface area contributed by atoms with E-state index in [4.69, 9.17) is 4.74 Å². The normalized spacial score (nSPS) is 10.7. The van der Waals surface area contributed by atoms with Crippen LogP contribution in [0.2, 0.25) is 0 Å². The summed E-state index contributed by atoms with van der Waals surface area (Å²) < 4.78 is 5.26. The van der Waals surface area contributed by atoms with Crippen LogP contribution in [0.3, 0.4) is 0 Å². The summed E-state index contributed by atoms with van der Waals surface area (Å²) in [6.45, 7) is 2.23. The standard InChI is InChI=1S/C26H33N3O2S/c1-3-4-5-6-7-8-9-13-25(30)27-21-16-14-20(15-17-21)24-19-32-26(29-24)28-22-11-10-12-23(18-22)31-2/h10-12,14-19H,3-9,13H2,1-2H3,(H,27,30)(H,28,29). The number of ether oxygens (including phenoxy) is 1. The number of methoxy groups -OCH3 is 1. The van der Waals surface area contributed by atoms with E-state index in [1.165, 1.54) is 32.1 Å². The second-order valence-corrected chi connectivity index (χ2v) is 8.75. The minimum atomic E-state index is 0.0877. The minimum Gasteiger partial charge on any atom is -0.497 e. The van der Waals surface area contributed by atoms with E-state index in [-0.39, 0.29) is 5.91 Å². The molecule has 5 nitrogen and oxygen atoms in total. The molecule has 0 aliphatic heterocycles. The number of aromatic nitrogens is 1. The average Bonchev–Trinajstić information content (AvgIpc) is 3.27. The second kappa shape index (κ2) is 12.9. The predicted molar refractivity (Wildman–Crippen MR) is 135 cm³/mol. The third-order valence-electron chi connectivity index (χ3n) is 5.30. The Kier molecular flexibility index (Phi) is 9.57. The molecule has 0 unspecified atom stereocenters. The SMILES string of the molecule is CCCCCCCCCC(=O)Nc1ccc(-c2csc(Nc3cccc(OC)c3)n2)cc1. The van der Waals surface area contributed by atoms with Crippen LogP contribution >= 0.6 is 11.3 Å². The number of hydrogen-bond donors (Lipinski definition) is 2. The molecule has 0 fully saturated rings. The van der Waals surface area contributed by atoms with Crippen molar-refractivity contribution in [3.05, 3.63) is 53.9 Å². The molecular formula is C26H33N3O2S. The van der Waals surface area contributed by atoms with Gasteiger partial charge in [-0.15, -0.1) is 11.3 Å². The maximum Gasteiger partial charge on any atom is 0.224 e. The summed E-state index contributed by atoms with van der Waals surface area (Å²) in [7, 11) is 1.66. The van der Waals surface area contributed by atoms with Gasteiger partial charge < -0.3 is 15.4 Å². The second-order valence-electron chi connectivity index (χ2n) is 7.89. The molecule has 3 aromatic rings. The molecule has 0 atom stereocenters. The zero-order valence-corrected chi connectivity index (χ0v) is 19.8. The van der Waals surface area contributed by atoms with Gasteiger partial charge in [-0.1, -0.05) is 63.6 Å². The molecule has 0 aliphatic rings. The van der Waals surface area contributed by atoms with Crippen molar-refractivity contribution in [3.63, 3.8) is 0 Å². The maximum absolute atomic E-state index is 12.2. The zero-order chi connectivity index (χ0) is 22.6. The highest BCUT2D eigenvalue weighted by molar-refractivity contribution is 7.14. The van der Waals surface area contributed by atoms with E-state index in [9.17, 15) is 4.79 Å². The van der Waals surface area contributed by atoms with Gasteiger partial charge in [-0.3, -0.25) is 4.79 Å². The molecule has 1 heterocycles. The topological polar surface area (TPSA) is 63.2 Å². The van der Waals surface area contributed by atoms with Crippen molar-refractivity contribution >= 4 is 33.8 Å². The predicted octanol–water partition coefficient (Wildman–Crippen LogP) is 7.64. The van der Waals surface area contributed by atoms with Crippen LogP contribution in [0.15, 0.2) is 53.9 Å². The van der Waals surface area contributed by atoms with E-state index in [1.807, 2.05) is 53.9 Å². The van der Waals surface area contributed by atoms with E-state index in [2.05, 4.69) is 22.5 Å². The van der Waals surface area contributed by atoms with Crippen LogP contribution in [0.25, 0.3) is 11.3 Å². The van der Waals surface area contributed by atoms with E-state index in [0.29, 0.717) is 6.42 Å². The van der Waals surface area contributed by atoms with Gasteiger partial charge in [0.15, 0.2) is 5.13 Å². The number of nitrogens with one attached hydrogen (secondary N) is 2. The van der Waals surface area contributed by atoms with E-state index in [1.54, 1.807) is 18.4 Å². The summed E-state index contributed by atoms with van der Waals surface area (Å²) in [5.74, 6) is 0.890. The molecule has 170 valence electrons. The maximum atomic E-state index is 12.2. The van der Waals surface area contributed by atoms with E-state index >= 15 is 0 Å². The number of anilines is 3. The Bertz CT molecular complexity index is 969. The monoisotopic (exact) mass is 451 g/mol. The molecule has 0 spiro atoms. The van der Waals surface area contributed by atoms with Gasteiger partial charge in [-0.05, 0) is 30.7 Å². The van der Waals surface area contributed by atoms with Gasteiger partial charge in [-0.25, -0.2) is 4.98 Å². The number of nitrogens with zero attached hydrogens (tertiary/aromatic N) is 1. The number of amides is 1. The van der Waals surface area contributed by atoms with Gasteiger partial charge in [-0.2, -0.15) is 0 Å². The fourth-order valence-corrected chi connectivity index (χ4v) is 4.22. The van der Waals surface area contributed by atoms with Crippen molar-refractivity contribution in [3.8, 4) is 17.0 Å². The molecule has 3 rings (SSSR count). The fourth-order valence-electron chi connectivity index (χ4n) is 3.48. The summed E-state index contributed by atoms with van der Waals surface area (Å²) in [5, 5.41) is 9.16. The Morgan fingerprint density at radius 3 is 2.47 bits per heavy atom. The summed E-state index contributed by atoms with van der Waals surface area (Å²) in [5.41, 5.74) is 3.68. The van der Waals surface area contributed by atoms with Gasteiger partial charge >= 0.3 is 0 Å². The lowest BCUT2D eigenvalue weighted by molar-refractivity contribution is -0.116. The Labute approximate surface area is 195 Å². The summed E-state index contributed by atoms with van der Waals surface area (Å²) in [4.78, 5) is 16.9. The molecule has 1 aromatic heterocycles.